The van der Waals surface area contributed by atoms with Crippen molar-refractivity contribution >= 4 is 5.91 Å². The first-order valence-corrected chi connectivity index (χ1v) is 14.8. The van der Waals surface area contributed by atoms with E-state index in [4.69, 9.17) is 14.2 Å². The van der Waals surface area contributed by atoms with Gasteiger partial charge < -0.3 is 19.5 Å². The molecule has 0 saturated heterocycles. The molecule has 0 saturated carbocycles. The topological polar surface area (TPSA) is 60.7 Å². The number of ether oxygens (including phenoxy) is 3. The molecule has 1 heterocycles. The number of rotatable bonds is 22. The average Bonchev–Trinajstić information content (AvgIpc) is 2.95. The Morgan fingerprint density at radius 1 is 0.789 bits per heavy atom. The van der Waals surface area contributed by atoms with Gasteiger partial charge in [0.25, 0.3) is 5.91 Å². The maximum atomic E-state index is 12.2. The number of nitrogens with zero attached hydrogens (tertiary/aromatic N) is 1. The van der Waals surface area contributed by atoms with Crippen molar-refractivity contribution in [3.63, 3.8) is 0 Å². The van der Waals surface area contributed by atoms with Crippen molar-refractivity contribution < 1.29 is 23.6 Å². The van der Waals surface area contributed by atoms with E-state index in [1.165, 1.54) is 76.2 Å². The molecule has 6 heteroatoms. The van der Waals surface area contributed by atoms with Crippen LogP contribution in [0.5, 0.6) is 17.2 Å². The van der Waals surface area contributed by atoms with Gasteiger partial charge in [-0.2, -0.15) is 0 Å². The van der Waals surface area contributed by atoms with Gasteiger partial charge in [-0.3, -0.25) is 4.79 Å². The number of carbonyl (C=O) groups is 1. The van der Waals surface area contributed by atoms with Crippen molar-refractivity contribution in [3.05, 3.63) is 48.3 Å². The molecule has 0 spiro atoms. The molecule has 0 atom stereocenters. The largest absolute Gasteiger partial charge is 0.493 e. The molecule has 0 aliphatic rings. The normalized spacial score (nSPS) is 10.8. The van der Waals surface area contributed by atoms with E-state index in [9.17, 15) is 4.79 Å². The Bertz CT molecular complexity index is 886. The predicted octanol–water partition coefficient (Wildman–Crippen LogP) is 6.82. The van der Waals surface area contributed by atoms with Crippen LogP contribution in [-0.4, -0.2) is 32.8 Å². The Balaban J connectivity index is 1.55. The molecule has 0 unspecified atom stereocenters. The van der Waals surface area contributed by atoms with E-state index in [2.05, 4.69) is 48.3 Å². The van der Waals surface area contributed by atoms with Gasteiger partial charge in [0, 0.05) is 24.7 Å². The second kappa shape index (κ2) is 20.2. The lowest BCUT2D eigenvalue weighted by Gasteiger charge is -2.13. The molecule has 38 heavy (non-hydrogen) atoms. The first kappa shape index (κ1) is 31.5. The van der Waals surface area contributed by atoms with Gasteiger partial charge in [-0.15, -0.1) is 0 Å². The van der Waals surface area contributed by atoms with Crippen LogP contribution in [0.2, 0.25) is 0 Å². The number of hydrogen-bond donors (Lipinski definition) is 1. The summed E-state index contributed by atoms with van der Waals surface area (Å²) in [7, 11) is 1.62. The number of hydrogen-bond acceptors (Lipinski definition) is 4. The van der Waals surface area contributed by atoms with E-state index >= 15 is 0 Å². The lowest BCUT2D eigenvalue weighted by molar-refractivity contribution is -0.693. The SMILES string of the molecule is CCCCCCCCCCCCCCOc1ccc(OCC(=O)NCCc2cc[n+](CC)cc2)cc1OC. The highest BCUT2D eigenvalue weighted by molar-refractivity contribution is 5.77. The van der Waals surface area contributed by atoms with E-state index < -0.39 is 0 Å². The molecule has 0 radical (unpaired) electrons. The van der Waals surface area contributed by atoms with Crippen LogP contribution in [-0.2, 0) is 17.8 Å². The van der Waals surface area contributed by atoms with E-state index in [1.807, 2.05) is 12.1 Å². The lowest BCUT2D eigenvalue weighted by atomic mass is 10.1. The Kier molecular flexibility index (Phi) is 16.8. The maximum absolute atomic E-state index is 12.2. The first-order valence-electron chi connectivity index (χ1n) is 14.8. The smallest absolute Gasteiger partial charge is 0.257 e. The number of aromatic nitrogens is 1. The van der Waals surface area contributed by atoms with Gasteiger partial charge in [-0.05, 0) is 37.5 Å². The van der Waals surface area contributed by atoms with Crippen LogP contribution >= 0.6 is 0 Å². The molecule has 0 aliphatic carbocycles. The summed E-state index contributed by atoms with van der Waals surface area (Å²) < 4.78 is 19.2. The quantitative estimate of drug-likeness (QED) is 0.135. The van der Waals surface area contributed by atoms with Gasteiger partial charge in [-0.25, -0.2) is 4.57 Å². The molecular weight excluding hydrogens is 476 g/mol. The molecule has 1 amide bonds. The number of aryl methyl sites for hydroxylation is 1. The Labute approximate surface area is 231 Å². The Hall–Kier alpha value is -2.76. The summed E-state index contributed by atoms with van der Waals surface area (Å²) in [6, 6.07) is 9.61. The van der Waals surface area contributed by atoms with Crippen LogP contribution in [0.25, 0.3) is 0 Å². The van der Waals surface area contributed by atoms with Gasteiger partial charge >= 0.3 is 0 Å². The monoisotopic (exact) mass is 527 g/mol. The van der Waals surface area contributed by atoms with Crippen molar-refractivity contribution in [2.75, 3.05) is 26.9 Å². The van der Waals surface area contributed by atoms with Gasteiger partial charge in [0.15, 0.2) is 30.5 Å². The van der Waals surface area contributed by atoms with Crippen molar-refractivity contribution in [3.8, 4) is 17.2 Å². The number of amides is 1. The fourth-order valence-electron chi connectivity index (χ4n) is 4.39. The number of nitrogens with one attached hydrogen (secondary N) is 1. The number of carbonyl (C=O) groups excluding carboxylic acids is 1. The van der Waals surface area contributed by atoms with E-state index in [0.717, 1.165) is 19.4 Å². The summed E-state index contributed by atoms with van der Waals surface area (Å²) in [5.41, 5.74) is 1.19. The van der Waals surface area contributed by atoms with Gasteiger partial charge in [0.1, 0.15) is 12.3 Å². The van der Waals surface area contributed by atoms with Crippen LogP contribution < -0.4 is 24.1 Å². The zero-order chi connectivity index (χ0) is 27.3. The summed E-state index contributed by atoms with van der Waals surface area (Å²) in [5.74, 6) is 1.77. The first-order chi connectivity index (χ1) is 18.7. The zero-order valence-electron chi connectivity index (χ0n) is 24.1. The molecule has 1 N–H and O–H groups in total. The van der Waals surface area contributed by atoms with Gasteiger partial charge in [0.2, 0.25) is 0 Å². The second-order valence-corrected chi connectivity index (χ2v) is 9.98. The summed E-state index contributed by atoms with van der Waals surface area (Å²) >= 11 is 0. The highest BCUT2D eigenvalue weighted by Crippen LogP contribution is 2.31. The molecule has 1 aromatic carbocycles. The molecule has 2 rings (SSSR count). The van der Waals surface area contributed by atoms with Crippen LogP contribution in [0, 0.1) is 0 Å². The summed E-state index contributed by atoms with van der Waals surface area (Å²) in [4.78, 5) is 12.2. The van der Waals surface area contributed by atoms with Crippen molar-refractivity contribution in [1.29, 1.82) is 0 Å². The number of benzene rings is 1. The van der Waals surface area contributed by atoms with Crippen molar-refractivity contribution in [1.82, 2.24) is 5.32 Å². The zero-order valence-corrected chi connectivity index (χ0v) is 24.1. The fourth-order valence-corrected chi connectivity index (χ4v) is 4.39. The van der Waals surface area contributed by atoms with Crippen molar-refractivity contribution in [2.45, 2.75) is 104 Å². The Morgan fingerprint density at radius 3 is 2.03 bits per heavy atom. The van der Waals surface area contributed by atoms with Crippen LogP contribution in [0.3, 0.4) is 0 Å². The average molecular weight is 528 g/mol. The lowest BCUT2D eigenvalue weighted by Crippen LogP contribution is -2.32. The highest BCUT2D eigenvalue weighted by atomic mass is 16.5. The van der Waals surface area contributed by atoms with Crippen LogP contribution in [0.1, 0.15) is 96.5 Å². The molecule has 0 bridgehead atoms. The second-order valence-electron chi connectivity index (χ2n) is 9.98. The van der Waals surface area contributed by atoms with Crippen LogP contribution in [0.4, 0.5) is 0 Å². The number of methoxy groups -OCH3 is 1. The molecule has 1 aromatic heterocycles. The minimum absolute atomic E-state index is 0.0349. The molecule has 0 aliphatic heterocycles. The third-order valence-corrected chi connectivity index (χ3v) is 6.82. The third-order valence-electron chi connectivity index (χ3n) is 6.82. The molecule has 2 aromatic rings. The standard InChI is InChI=1S/C32H50N2O4/c1-4-6-7-8-9-10-11-12-13-14-15-16-25-37-30-18-17-29(26-31(30)36-3)38-27-32(35)33-22-19-28-20-23-34(5-2)24-21-28/h17-18,20-21,23-24,26H,4-16,19,22,25,27H2,1-3H3/p+1. The Morgan fingerprint density at radius 2 is 1.42 bits per heavy atom. The highest BCUT2D eigenvalue weighted by Gasteiger charge is 2.09. The predicted molar refractivity (Wildman–Crippen MR) is 154 cm³/mol. The summed E-state index contributed by atoms with van der Waals surface area (Å²) in [6.07, 6.45) is 20.8. The van der Waals surface area contributed by atoms with Crippen LogP contribution in [0.15, 0.2) is 42.7 Å². The van der Waals surface area contributed by atoms with E-state index in [-0.39, 0.29) is 12.5 Å². The summed E-state index contributed by atoms with van der Waals surface area (Å²) in [6.45, 7) is 6.55. The fraction of sp³-hybridized carbons (Fsp3) is 0.625. The molecule has 6 nitrogen and oxygen atoms in total. The van der Waals surface area contributed by atoms with Gasteiger partial charge in [0.05, 0.1) is 13.7 Å². The number of unbranched alkanes of at least 4 members (excludes halogenated alkanes) is 11. The van der Waals surface area contributed by atoms with Crippen molar-refractivity contribution in [2.24, 2.45) is 0 Å². The summed E-state index contributed by atoms with van der Waals surface area (Å²) in [5, 5.41) is 2.91. The van der Waals surface area contributed by atoms with Gasteiger partial charge in [-0.1, -0.05) is 77.6 Å². The number of pyridine rings is 1. The van der Waals surface area contributed by atoms with E-state index in [0.29, 0.717) is 30.4 Å². The minimum atomic E-state index is -0.143. The molecule has 212 valence electrons. The molecular formula is C32H51N2O4+. The minimum Gasteiger partial charge on any atom is -0.493 e. The third kappa shape index (κ3) is 13.7. The maximum Gasteiger partial charge on any atom is 0.257 e. The van der Waals surface area contributed by atoms with E-state index in [1.54, 1.807) is 13.2 Å². The molecule has 0 fully saturated rings.